The standard InChI is InChI=1S/C95H114O12SSi2/c1-64(50-53-69(60-83-65(2)59-71(103-83)35-34-57-100-92(98)93(5,6)7)91(97)106-89-79-48-32-30-46-77(79)78-47-31-33-49-80(78)90(89)108-72-36-20-15-21-37-72)66(3)81(96)61-85-87(101-63-68-51-54-70(99-14)55-52-68)67(4)88-86(104-85)62-84(107-110(95(11,12)13,75-42-26-18-27-43-75)76-44-28-19-29-45-76)82(105-88)56-58-102-109(94(8,9)10,73-38-22-16-23-39-73)74-40-24-17-25-41-74/h15-33,36-49,51-55,64,67,71,81-90,96H,2-3,34-35,50,56-63H2,1,4-14H3/b69-53+/t64-,67-,71+,81-,82-,83+,84-,85+,86+,87-,88+,89-,90-/m1/s1. The van der Waals surface area contributed by atoms with E-state index in [2.05, 4.69) is 238 Å². The van der Waals surface area contributed by atoms with E-state index in [4.69, 9.17) is 42.0 Å². The smallest absolute Gasteiger partial charge is 0.334 e. The van der Waals surface area contributed by atoms with E-state index < -0.39 is 83.0 Å². The highest BCUT2D eigenvalue weighted by atomic mass is 32.2. The van der Waals surface area contributed by atoms with Crippen LogP contribution in [-0.4, -0.2) is 109 Å². The Balaban J connectivity index is 0.848. The first-order chi connectivity index (χ1) is 52.8. The molecule has 3 aliphatic heterocycles. The zero-order valence-corrected chi connectivity index (χ0v) is 69.3. The summed E-state index contributed by atoms with van der Waals surface area (Å²) < 4.78 is 63.4. The Bertz CT molecular complexity index is 4310. The van der Waals surface area contributed by atoms with Crippen molar-refractivity contribution in [3.05, 3.63) is 277 Å². The third-order valence-electron chi connectivity index (χ3n) is 22.9. The second kappa shape index (κ2) is 35.9. The number of aliphatic hydroxyl groups excluding tert-OH is 1. The normalized spacial score (nSPS) is 22.9. The summed E-state index contributed by atoms with van der Waals surface area (Å²) in [6.45, 7) is 33.9. The van der Waals surface area contributed by atoms with Crippen molar-refractivity contribution in [2.24, 2.45) is 17.3 Å². The highest BCUT2D eigenvalue weighted by Crippen LogP contribution is 2.55. The van der Waals surface area contributed by atoms with Gasteiger partial charge in [-0.15, -0.1) is 11.8 Å². The predicted octanol–water partition coefficient (Wildman–Crippen LogP) is 18.6. The van der Waals surface area contributed by atoms with Gasteiger partial charge < -0.3 is 47.1 Å². The van der Waals surface area contributed by atoms with E-state index in [1.165, 1.54) is 20.7 Å². The first-order valence-corrected chi connectivity index (χ1v) is 44.2. The molecule has 0 saturated carbocycles. The number of carbonyl (C=O) groups is 2. The van der Waals surface area contributed by atoms with Crippen molar-refractivity contribution in [1.82, 2.24) is 0 Å². The minimum absolute atomic E-state index is 0.174. The molecule has 0 spiro atoms. The van der Waals surface area contributed by atoms with Crippen LogP contribution < -0.4 is 25.5 Å². The van der Waals surface area contributed by atoms with E-state index in [1.54, 1.807) is 18.9 Å². The predicted molar refractivity (Wildman–Crippen MR) is 447 cm³/mol. The van der Waals surface area contributed by atoms with E-state index in [1.807, 2.05) is 81.4 Å². The van der Waals surface area contributed by atoms with Crippen LogP contribution >= 0.6 is 11.8 Å². The minimum Gasteiger partial charge on any atom is -0.497 e. The number of fused-ring (bicyclic) bond motifs is 4. The van der Waals surface area contributed by atoms with Gasteiger partial charge in [0.15, 0.2) is 0 Å². The summed E-state index contributed by atoms with van der Waals surface area (Å²) in [7, 11) is -4.55. The number of carbonyl (C=O) groups excluding carboxylic acids is 2. The Kier molecular flexibility index (Phi) is 26.7. The van der Waals surface area contributed by atoms with Gasteiger partial charge in [0, 0.05) is 47.8 Å². The fraction of sp³-hybridized carbons (Fsp3) is 0.411. The van der Waals surface area contributed by atoms with E-state index in [0.717, 1.165) is 44.0 Å². The quantitative estimate of drug-likeness (QED) is 0.0150. The van der Waals surface area contributed by atoms with Crippen molar-refractivity contribution in [1.29, 1.82) is 0 Å². The van der Waals surface area contributed by atoms with Gasteiger partial charge in [0.05, 0.1) is 85.9 Å². The lowest BCUT2D eigenvalue weighted by molar-refractivity contribution is -0.274. The van der Waals surface area contributed by atoms with Crippen molar-refractivity contribution >= 4 is 61.1 Å². The Labute approximate surface area is 660 Å². The Morgan fingerprint density at radius 2 is 1.18 bits per heavy atom. The van der Waals surface area contributed by atoms with E-state index in [9.17, 15) is 9.90 Å². The minimum atomic E-state index is -3.23. The second-order valence-corrected chi connectivity index (χ2v) is 43.3. The van der Waals surface area contributed by atoms with Gasteiger partial charge in [0.25, 0.3) is 16.6 Å². The molecule has 12 nitrogen and oxygen atoms in total. The maximum Gasteiger partial charge on any atom is 0.334 e. The first-order valence-electron chi connectivity index (χ1n) is 39.5. The maximum atomic E-state index is 15.6. The molecule has 4 aliphatic rings. The molecule has 8 aromatic rings. The Morgan fingerprint density at radius 1 is 0.645 bits per heavy atom. The molecule has 0 unspecified atom stereocenters. The first kappa shape index (κ1) is 81.7. The number of methoxy groups -OCH3 is 1. The van der Waals surface area contributed by atoms with E-state index >= 15 is 4.79 Å². The van der Waals surface area contributed by atoms with Crippen LogP contribution in [0.15, 0.2) is 265 Å². The molecule has 3 heterocycles. The van der Waals surface area contributed by atoms with Gasteiger partial charge in [0.2, 0.25) is 0 Å². The lowest BCUT2D eigenvalue weighted by atomic mass is 9.80. The molecule has 3 fully saturated rings. The molecular formula is C95H114O12SSi2. The number of hydrogen-bond donors (Lipinski definition) is 1. The number of esters is 2. The fourth-order valence-electron chi connectivity index (χ4n) is 16.9. The molecule has 1 aliphatic carbocycles. The highest BCUT2D eigenvalue weighted by Gasteiger charge is 2.57. The van der Waals surface area contributed by atoms with Crippen LogP contribution in [0.2, 0.25) is 10.1 Å². The third-order valence-corrected chi connectivity index (χ3v) is 34.3. The molecule has 0 aromatic heterocycles. The van der Waals surface area contributed by atoms with Gasteiger partial charge in [-0.05, 0) is 147 Å². The van der Waals surface area contributed by atoms with Crippen molar-refractivity contribution in [2.45, 2.75) is 215 Å². The van der Waals surface area contributed by atoms with E-state index in [-0.39, 0.29) is 65.3 Å². The van der Waals surface area contributed by atoms with Gasteiger partial charge in [-0.1, -0.05) is 275 Å². The summed E-state index contributed by atoms with van der Waals surface area (Å²) >= 11 is 1.69. The summed E-state index contributed by atoms with van der Waals surface area (Å²) in [6, 6.07) is 78.1. The fourth-order valence-corrected chi connectivity index (χ4v) is 27.5. The van der Waals surface area contributed by atoms with Gasteiger partial charge in [-0.2, -0.15) is 0 Å². The van der Waals surface area contributed by atoms with Crippen molar-refractivity contribution in [3.8, 4) is 16.9 Å². The van der Waals surface area contributed by atoms with Crippen LogP contribution in [0, 0.1) is 17.3 Å². The van der Waals surface area contributed by atoms with Crippen molar-refractivity contribution < 1.29 is 56.7 Å². The molecule has 110 heavy (non-hydrogen) atoms. The molecule has 1 N–H and O–H groups in total. The number of thioether (sulfide) groups is 1. The molecule has 0 radical (unpaired) electrons. The molecule has 12 rings (SSSR count). The summed E-state index contributed by atoms with van der Waals surface area (Å²) in [4.78, 5) is 29.3. The Hall–Kier alpha value is -7.78. The van der Waals surface area contributed by atoms with Crippen LogP contribution in [0.3, 0.4) is 0 Å². The number of ether oxygens (including phenoxy) is 7. The zero-order valence-electron chi connectivity index (χ0n) is 66.5. The van der Waals surface area contributed by atoms with Gasteiger partial charge >= 0.3 is 11.9 Å². The SMILES string of the molecule is C=C([C@H](C)C/C=C(\C[C@@H]1O[C@@H](CCCOC(=O)C(C)(C)C)CC1=C)C(=O)O[C@@H]1c2ccccc2-c2ccccc2[C@H]1Sc1ccccc1)[C@H](O)C[C@@H]1O[C@H]2C[C@@H](O[Si](c3ccccc3)(c3ccccc3)C(C)(C)C)[C@@H](CCO[Si](c3ccccc3)(c3ccccc3)C(C)(C)C)O[C@H]2[C@H](C)[C@H]1OCc1ccc(OC)cc1. The number of benzene rings is 8. The average Bonchev–Trinajstić information content (AvgIpc) is 0.753. The lowest BCUT2D eigenvalue weighted by Crippen LogP contribution is -2.70. The number of rotatable bonds is 30. The lowest BCUT2D eigenvalue weighted by Gasteiger charge is -2.54. The highest BCUT2D eigenvalue weighted by molar-refractivity contribution is 7.99. The molecule has 3 saturated heterocycles. The molecular weight excluding hydrogens is 1420 g/mol. The van der Waals surface area contributed by atoms with Gasteiger partial charge in [-0.3, -0.25) is 4.79 Å². The van der Waals surface area contributed by atoms with Crippen LogP contribution in [-0.2, 0) is 53.5 Å². The largest absolute Gasteiger partial charge is 0.497 e. The summed E-state index contributed by atoms with van der Waals surface area (Å²) in [6.07, 6.45) is 0.374. The molecule has 580 valence electrons. The van der Waals surface area contributed by atoms with E-state index in [0.29, 0.717) is 56.3 Å². The topological polar surface area (TPSA) is 137 Å². The third kappa shape index (κ3) is 18.5. The van der Waals surface area contributed by atoms with Crippen molar-refractivity contribution in [3.63, 3.8) is 0 Å². The monoisotopic (exact) mass is 1530 g/mol. The number of aliphatic hydroxyl groups is 1. The molecule has 0 amide bonds. The average molecular weight is 1540 g/mol. The maximum absolute atomic E-state index is 15.6. The number of allylic oxidation sites excluding steroid dienone is 1. The van der Waals surface area contributed by atoms with Crippen LogP contribution in [0.5, 0.6) is 5.75 Å². The van der Waals surface area contributed by atoms with Crippen molar-refractivity contribution in [2.75, 3.05) is 20.3 Å². The number of hydrogen-bond acceptors (Lipinski definition) is 13. The Morgan fingerprint density at radius 3 is 1.75 bits per heavy atom. The summed E-state index contributed by atoms with van der Waals surface area (Å²) in [5.74, 6) is -0.500. The molecule has 8 aromatic carbocycles. The molecule has 15 heteroatoms. The second-order valence-electron chi connectivity index (χ2n) is 33.6. The van der Waals surface area contributed by atoms with Crippen LogP contribution in [0.1, 0.15) is 156 Å². The summed E-state index contributed by atoms with van der Waals surface area (Å²) in [5, 5.41) is 16.8. The molecule has 0 bridgehead atoms. The molecule has 13 atom stereocenters. The van der Waals surface area contributed by atoms with Crippen LogP contribution in [0.25, 0.3) is 11.1 Å². The van der Waals surface area contributed by atoms with Gasteiger partial charge in [-0.25, -0.2) is 4.79 Å². The zero-order chi connectivity index (χ0) is 78.0. The van der Waals surface area contributed by atoms with Gasteiger partial charge in [0.1, 0.15) is 11.9 Å². The van der Waals surface area contributed by atoms with Crippen LogP contribution in [0.4, 0.5) is 0 Å². The summed E-state index contributed by atoms with van der Waals surface area (Å²) in [5.41, 5.74) is 6.44.